The summed E-state index contributed by atoms with van der Waals surface area (Å²) >= 11 is 0. The molecular weight excluding hydrogens is 302 g/mol. The van der Waals surface area contributed by atoms with Crippen molar-refractivity contribution >= 4 is 18.3 Å². The molecule has 22 heavy (non-hydrogen) atoms. The van der Waals surface area contributed by atoms with E-state index in [9.17, 15) is 4.79 Å². The van der Waals surface area contributed by atoms with Gasteiger partial charge in [0.1, 0.15) is 6.26 Å². The molecule has 5 nitrogen and oxygen atoms in total. The monoisotopic (exact) mass is 321 g/mol. The van der Waals surface area contributed by atoms with Crippen LogP contribution < -0.4 is 10.6 Å². The van der Waals surface area contributed by atoms with Gasteiger partial charge in [-0.05, 0) is 31.5 Å². The highest BCUT2D eigenvalue weighted by Crippen LogP contribution is 2.17. The third kappa shape index (κ3) is 4.08. The Morgan fingerprint density at radius 3 is 2.86 bits per heavy atom. The number of carbonyl (C=O) groups excluding carboxylic acids is 1. The minimum Gasteiger partial charge on any atom is -0.444 e. The second-order valence-corrected chi connectivity index (χ2v) is 5.23. The molecule has 1 aromatic carbocycles. The van der Waals surface area contributed by atoms with E-state index in [0.29, 0.717) is 12.4 Å². The van der Waals surface area contributed by atoms with Crippen molar-refractivity contribution in [2.24, 2.45) is 0 Å². The quantitative estimate of drug-likeness (QED) is 0.908. The normalized spacial score (nSPS) is 17.5. The van der Waals surface area contributed by atoms with Crippen molar-refractivity contribution < 1.29 is 9.21 Å². The van der Waals surface area contributed by atoms with Gasteiger partial charge in [0.2, 0.25) is 11.8 Å². The zero-order valence-electron chi connectivity index (χ0n) is 12.2. The molecule has 2 heterocycles. The molecule has 1 unspecified atom stereocenters. The van der Waals surface area contributed by atoms with Crippen molar-refractivity contribution in [2.75, 3.05) is 6.54 Å². The van der Waals surface area contributed by atoms with Crippen LogP contribution in [0.2, 0.25) is 0 Å². The number of nitrogens with one attached hydrogen (secondary N) is 2. The standard InChI is InChI=1S/C16H19N3O2.ClH/c20-15(14-8-4-5-9-17-14)18-10-13-11-21-16(19-13)12-6-2-1-3-7-12;/h1-3,6-7,11,14,17H,4-5,8-10H2,(H,18,20);1H. The van der Waals surface area contributed by atoms with Crippen LogP contribution in [-0.4, -0.2) is 23.5 Å². The van der Waals surface area contributed by atoms with Gasteiger partial charge in [0, 0.05) is 5.56 Å². The summed E-state index contributed by atoms with van der Waals surface area (Å²) in [5, 5.41) is 6.14. The van der Waals surface area contributed by atoms with Gasteiger partial charge in [-0.1, -0.05) is 24.6 Å². The lowest BCUT2D eigenvalue weighted by Gasteiger charge is -2.22. The molecule has 2 aromatic rings. The molecule has 0 radical (unpaired) electrons. The highest BCUT2D eigenvalue weighted by Gasteiger charge is 2.20. The van der Waals surface area contributed by atoms with E-state index < -0.39 is 0 Å². The van der Waals surface area contributed by atoms with Crippen LogP contribution >= 0.6 is 12.4 Å². The number of carbonyl (C=O) groups is 1. The highest BCUT2D eigenvalue weighted by atomic mass is 35.5. The summed E-state index contributed by atoms with van der Waals surface area (Å²) in [6.07, 6.45) is 4.75. The molecule has 0 bridgehead atoms. The van der Waals surface area contributed by atoms with E-state index in [1.165, 1.54) is 0 Å². The molecule has 1 amide bonds. The number of oxazole rings is 1. The van der Waals surface area contributed by atoms with Crippen molar-refractivity contribution in [1.82, 2.24) is 15.6 Å². The number of hydrogen-bond donors (Lipinski definition) is 2. The lowest BCUT2D eigenvalue weighted by molar-refractivity contribution is -0.123. The first-order valence-electron chi connectivity index (χ1n) is 7.34. The molecule has 1 aliphatic rings. The Bertz CT molecular complexity index is 594. The number of rotatable bonds is 4. The molecule has 0 aliphatic carbocycles. The Morgan fingerprint density at radius 2 is 2.14 bits per heavy atom. The van der Waals surface area contributed by atoms with Crippen LogP contribution in [0.1, 0.15) is 25.0 Å². The maximum atomic E-state index is 12.0. The number of nitrogens with zero attached hydrogens (tertiary/aromatic N) is 1. The SMILES string of the molecule is Cl.O=C(NCc1coc(-c2ccccc2)n1)C1CCCCN1. The van der Waals surface area contributed by atoms with Crippen LogP contribution in [0.15, 0.2) is 41.0 Å². The van der Waals surface area contributed by atoms with Gasteiger partial charge in [0.15, 0.2) is 0 Å². The largest absolute Gasteiger partial charge is 0.444 e. The average molecular weight is 322 g/mol. The Labute approximate surface area is 135 Å². The lowest BCUT2D eigenvalue weighted by Crippen LogP contribution is -2.46. The number of benzene rings is 1. The van der Waals surface area contributed by atoms with Crippen molar-refractivity contribution in [2.45, 2.75) is 31.8 Å². The first kappa shape index (κ1) is 16.5. The maximum absolute atomic E-state index is 12.0. The predicted octanol–water partition coefficient (Wildman–Crippen LogP) is 2.52. The van der Waals surface area contributed by atoms with E-state index in [2.05, 4.69) is 15.6 Å². The van der Waals surface area contributed by atoms with Crippen LogP contribution in [-0.2, 0) is 11.3 Å². The fourth-order valence-electron chi connectivity index (χ4n) is 2.48. The van der Waals surface area contributed by atoms with E-state index in [0.717, 1.165) is 37.1 Å². The smallest absolute Gasteiger partial charge is 0.237 e. The van der Waals surface area contributed by atoms with Gasteiger partial charge in [-0.25, -0.2) is 4.98 Å². The van der Waals surface area contributed by atoms with Gasteiger partial charge in [-0.15, -0.1) is 12.4 Å². The third-order valence-corrected chi connectivity index (χ3v) is 3.64. The van der Waals surface area contributed by atoms with Crippen LogP contribution in [0.3, 0.4) is 0 Å². The van der Waals surface area contributed by atoms with Crippen molar-refractivity contribution in [3.05, 3.63) is 42.3 Å². The second kappa shape index (κ2) is 7.96. The molecule has 118 valence electrons. The summed E-state index contributed by atoms with van der Waals surface area (Å²) in [4.78, 5) is 16.4. The Morgan fingerprint density at radius 1 is 1.32 bits per heavy atom. The Kier molecular flexibility index (Phi) is 5.98. The molecule has 3 rings (SSSR count). The first-order chi connectivity index (χ1) is 10.3. The molecule has 0 spiro atoms. The van der Waals surface area contributed by atoms with E-state index in [1.54, 1.807) is 6.26 Å². The summed E-state index contributed by atoms with van der Waals surface area (Å²) in [6.45, 7) is 1.31. The van der Waals surface area contributed by atoms with E-state index in [4.69, 9.17) is 4.42 Å². The first-order valence-corrected chi connectivity index (χ1v) is 7.34. The fourth-order valence-corrected chi connectivity index (χ4v) is 2.48. The molecule has 1 aromatic heterocycles. The van der Waals surface area contributed by atoms with Crippen LogP contribution in [0.5, 0.6) is 0 Å². The predicted molar refractivity (Wildman–Crippen MR) is 86.7 cm³/mol. The molecule has 1 saturated heterocycles. The van der Waals surface area contributed by atoms with Gasteiger partial charge in [0.05, 0.1) is 18.3 Å². The molecule has 1 atom stereocenters. The number of aromatic nitrogens is 1. The number of hydrogen-bond acceptors (Lipinski definition) is 4. The Hall–Kier alpha value is -1.85. The van der Waals surface area contributed by atoms with Crippen molar-refractivity contribution in [3.63, 3.8) is 0 Å². The van der Waals surface area contributed by atoms with Crippen LogP contribution in [0.4, 0.5) is 0 Å². The fraction of sp³-hybridized carbons (Fsp3) is 0.375. The zero-order valence-corrected chi connectivity index (χ0v) is 13.1. The van der Waals surface area contributed by atoms with Crippen LogP contribution in [0, 0.1) is 0 Å². The van der Waals surface area contributed by atoms with Gasteiger partial charge in [0.25, 0.3) is 0 Å². The minimum absolute atomic E-state index is 0. The third-order valence-electron chi connectivity index (χ3n) is 3.64. The number of piperidine rings is 1. The summed E-state index contributed by atoms with van der Waals surface area (Å²) in [5.74, 6) is 0.620. The maximum Gasteiger partial charge on any atom is 0.237 e. The lowest BCUT2D eigenvalue weighted by atomic mass is 10.0. The van der Waals surface area contributed by atoms with E-state index in [1.807, 2.05) is 30.3 Å². The average Bonchev–Trinajstić information content (AvgIpc) is 3.03. The summed E-state index contributed by atoms with van der Waals surface area (Å²) in [5.41, 5.74) is 1.67. The molecule has 2 N–H and O–H groups in total. The van der Waals surface area contributed by atoms with Gasteiger partial charge in [-0.3, -0.25) is 4.79 Å². The molecule has 1 aliphatic heterocycles. The molecule has 0 saturated carbocycles. The summed E-state index contributed by atoms with van der Waals surface area (Å²) < 4.78 is 5.45. The molecule has 6 heteroatoms. The second-order valence-electron chi connectivity index (χ2n) is 5.23. The van der Waals surface area contributed by atoms with Gasteiger partial charge in [-0.2, -0.15) is 0 Å². The highest BCUT2D eigenvalue weighted by molar-refractivity contribution is 5.85. The van der Waals surface area contributed by atoms with Crippen molar-refractivity contribution in [1.29, 1.82) is 0 Å². The van der Waals surface area contributed by atoms with E-state index >= 15 is 0 Å². The van der Waals surface area contributed by atoms with Crippen LogP contribution in [0.25, 0.3) is 11.5 Å². The topological polar surface area (TPSA) is 67.2 Å². The number of amides is 1. The van der Waals surface area contributed by atoms with Gasteiger partial charge >= 0.3 is 0 Å². The summed E-state index contributed by atoms with van der Waals surface area (Å²) in [6, 6.07) is 9.65. The van der Waals surface area contributed by atoms with Crippen molar-refractivity contribution in [3.8, 4) is 11.5 Å². The summed E-state index contributed by atoms with van der Waals surface area (Å²) in [7, 11) is 0. The van der Waals surface area contributed by atoms with Gasteiger partial charge < -0.3 is 15.1 Å². The molecular formula is C16H20ClN3O2. The zero-order chi connectivity index (χ0) is 14.5. The molecule has 1 fully saturated rings. The number of halogens is 1. The minimum atomic E-state index is -0.0701. The Balaban J connectivity index is 0.00000176. The van der Waals surface area contributed by atoms with E-state index in [-0.39, 0.29) is 24.4 Å².